The molecule has 1 aliphatic rings. The summed E-state index contributed by atoms with van der Waals surface area (Å²) in [4.78, 5) is 0. The van der Waals surface area contributed by atoms with Crippen molar-refractivity contribution < 1.29 is 0 Å². The van der Waals surface area contributed by atoms with Gasteiger partial charge in [0.05, 0.1) is 0 Å². The molecule has 1 radical (unpaired) electrons. The van der Waals surface area contributed by atoms with E-state index in [1.807, 2.05) is 12.1 Å². The van der Waals surface area contributed by atoms with Gasteiger partial charge in [-0.3, -0.25) is 0 Å². The number of hydrogen-bond acceptors (Lipinski definition) is 0. The van der Waals surface area contributed by atoms with Crippen LogP contribution in [0, 0.1) is 12.0 Å². The molecule has 2 aromatic rings. The fourth-order valence-corrected chi connectivity index (χ4v) is 3.99. The van der Waals surface area contributed by atoms with Crippen LogP contribution < -0.4 is 0 Å². The molecular formula is C23H29. The summed E-state index contributed by atoms with van der Waals surface area (Å²) in [6.45, 7) is 2.30. The first kappa shape index (κ1) is 16.3. The van der Waals surface area contributed by atoms with Gasteiger partial charge >= 0.3 is 0 Å². The summed E-state index contributed by atoms with van der Waals surface area (Å²) in [5.41, 5.74) is 4.15. The molecule has 121 valence electrons. The van der Waals surface area contributed by atoms with Gasteiger partial charge in [-0.05, 0) is 60.3 Å². The number of benzene rings is 2. The van der Waals surface area contributed by atoms with Gasteiger partial charge in [-0.15, -0.1) is 0 Å². The molecule has 0 atom stereocenters. The second-order valence-electron chi connectivity index (χ2n) is 7.12. The molecule has 0 heterocycles. The van der Waals surface area contributed by atoms with Crippen molar-refractivity contribution in [1.82, 2.24) is 0 Å². The van der Waals surface area contributed by atoms with Crippen molar-refractivity contribution in [2.75, 3.05) is 0 Å². The van der Waals surface area contributed by atoms with Gasteiger partial charge in [0.25, 0.3) is 0 Å². The van der Waals surface area contributed by atoms with Crippen molar-refractivity contribution >= 4 is 0 Å². The highest BCUT2D eigenvalue weighted by Crippen LogP contribution is 2.38. The number of hydrogen-bond donors (Lipinski definition) is 0. The van der Waals surface area contributed by atoms with Crippen LogP contribution in [0.2, 0.25) is 0 Å². The minimum atomic E-state index is 0.788. The van der Waals surface area contributed by atoms with E-state index in [0.29, 0.717) is 0 Å². The van der Waals surface area contributed by atoms with E-state index in [4.69, 9.17) is 0 Å². The highest BCUT2D eigenvalue weighted by Gasteiger charge is 2.21. The molecule has 0 N–H and O–H groups in total. The molecule has 0 aliphatic heterocycles. The van der Waals surface area contributed by atoms with Gasteiger partial charge in [0.15, 0.2) is 0 Å². The summed E-state index contributed by atoms with van der Waals surface area (Å²) >= 11 is 0. The maximum absolute atomic E-state index is 3.09. The predicted molar refractivity (Wildman–Crippen MR) is 99.6 cm³/mol. The lowest BCUT2D eigenvalue weighted by Gasteiger charge is -2.29. The van der Waals surface area contributed by atoms with Crippen molar-refractivity contribution in [3.63, 3.8) is 0 Å². The van der Waals surface area contributed by atoms with Crippen LogP contribution >= 0.6 is 0 Å². The Labute approximate surface area is 141 Å². The second-order valence-corrected chi connectivity index (χ2v) is 7.12. The third-order valence-electron chi connectivity index (χ3n) is 5.50. The van der Waals surface area contributed by atoms with Crippen LogP contribution in [-0.2, 0) is 0 Å². The fraction of sp³-hybridized carbons (Fsp3) is 0.478. The van der Waals surface area contributed by atoms with Gasteiger partial charge in [-0.2, -0.15) is 0 Å². The molecule has 0 amide bonds. The minimum Gasteiger partial charge on any atom is -0.0654 e. The van der Waals surface area contributed by atoms with E-state index in [2.05, 4.69) is 49.4 Å². The first-order chi connectivity index (χ1) is 11.4. The van der Waals surface area contributed by atoms with Gasteiger partial charge in [-0.1, -0.05) is 81.1 Å². The summed E-state index contributed by atoms with van der Waals surface area (Å²) in [5.74, 6) is 1.79. The van der Waals surface area contributed by atoms with Crippen molar-refractivity contribution in [2.24, 2.45) is 5.92 Å². The minimum absolute atomic E-state index is 0.788. The monoisotopic (exact) mass is 305 g/mol. The molecule has 0 aromatic heterocycles. The van der Waals surface area contributed by atoms with Crippen LogP contribution in [0.1, 0.15) is 69.8 Å². The maximum atomic E-state index is 3.09. The average molecular weight is 305 g/mol. The van der Waals surface area contributed by atoms with Crippen molar-refractivity contribution in [2.45, 2.75) is 64.2 Å². The molecule has 0 bridgehead atoms. The van der Waals surface area contributed by atoms with Crippen LogP contribution in [0.4, 0.5) is 0 Å². The van der Waals surface area contributed by atoms with Crippen molar-refractivity contribution in [3.05, 3.63) is 60.2 Å². The third kappa shape index (κ3) is 4.47. The van der Waals surface area contributed by atoms with Crippen LogP contribution in [-0.4, -0.2) is 0 Å². The van der Waals surface area contributed by atoms with Gasteiger partial charge in [0.1, 0.15) is 0 Å². The summed E-state index contributed by atoms with van der Waals surface area (Å²) in [6.07, 6.45) is 11.3. The Balaban J connectivity index is 1.55. The van der Waals surface area contributed by atoms with Gasteiger partial charge < -0.3 is 0 Å². The van der Waals surface area contributed by atoms with Gasteiger partial charge in [-0.25, -0.2) is 0 Å². The highest BCUT2D eigenvalue weighted by atomic mass is 14.3. The van der Waals surface area contributed by atoms with E-state index in [-0.39, 0.29) is 0 Å². The topological polar surface area (TPSA) is 0 Å². The van der Waals surface area contributed by atoms with Gasteiger partial charge in [0.2, 0.25) is 0 Å². The molecule has 1 fully saturated rings. The zero-order valence-electron chi connectivity index (χ0n) is 14.4. The van der Waals surface area contributed by atoms with Gasteiger partial charge in [0, 0.05) is 0 Å². The lowest BCUT2D eigenvalue weighted by Crippen LogP contribution is -2.13. The standard InChI is InChI=1S/C23H29/c1-2-3-5-8-19-11-13-21(14-12-19)23-17-15-22(16-18-23)20-9-6-4-7-10-20/h6-7,9-10,15-19,21H,2-3,5,8,11-14H2,1H3. The van der Waals surface area contributed by atoms with Crippen molar-refractivity contribution in [1.29, 1.82) is 0 Å². The molecule has 0 saturated heterocycles. The van der Waals surface area contributed by atoms with Crippen LogP contribution in [0.25, 0.3) is 11.1 Å². The first-order valence-electron chi connectivity index (χ1n) is 9.43. The number of rotatable bonds is 6. The summed E-state index contributed by atoms with van der Waals surface area (Å²) in [5, 5.41) is 0. The lowest BCUT2D eigenvalue weighted by atomic mass is 9.77. The Morgan fingerprint density at radius 1 is 0.826 bits per heavy atom. The normalized spacial score (nSPS) is 21.3. The van der Waals surface area contributed by atoms with Crippen LogP contribution in [0.5, 0.6) is 0 Å². The lowest BCUT2D eigenvalue weighted by molar-refractivity contribution is 0.303. The predicted octanol–water partition coefficient (Wildman–Crippen LogP) is 7.01. The highest BCUT2D eigenvalue weighted by molar-refractivity contribution is 5.63. The summed E-state index contributed by atoms with van der Waals surface area (Å²) in [7, 11) is 0. The molecule has 0 unspecified atom stereocenters. The number of unbranched alkanes of at least 4 members (excludes halogenated alkanes) is 2. The zero-order chi connectivity index (χ0) is 15.9. The quantitative estimate of drug-likeness (QED) is 0.504. The zero-order valence-corrected chi connectivity index (χ0v) is 14.4. The fourth-order valence-electron chi connectivity index (χ4n) is 3.99. The maximum Gasteiger partial charge on any atom is -0.0162 e. The Morgan fingerprint density at radius 3 is 2.13 bits per heavy atom. The molecule has 0 spiro atoms. The van der Waals surface area contributed by atoms with E-state index in [0.717, 1.165) is 11.8 Å². The smallest absolute Gasteiger partial charge is 0.0162 e. The largest absolute Gasteiger partial charge is 0.0654 e. The Bertz CT molecular complexity index is 559. The summed E-state index contributed by atoms with van der Waals surface area (Å²) < 4.78 is 0. The van der Waals surface area contributed by atoms with Crippen LogP contribution in [0.15, 0.2) is 48.5 Å². The van der Waals surface area contributed by atoms with Crippen molar-refractivity contribution in [3.8, 4) is 11.1 Å². The van der Waals surface area contributed by atoms with E-state index in [1.54, 1.807) is 5.56 Å². The second kappa shape index (κ2) is 8.34. The molecule has 2 aromatic carbocycles. The molecular weight excluding hydrogens is 276 g/mol. The Kier molecular flexibility index (Phi) is 5.91. The third-order valence-corrected chi connectivity index (χ3v) is 5.50. The Morgan fingerprint density at radius 2 is 1.48 bits per heavy atom. The van der Waals surface area contributed by atoms with Crippen LogP contribution in [0.3, 0.4) is 0 Å². The molecule has 23 heavy (non-hydrogen) atoms. The average Bonchev–Trinajstić information content (AvgIpc) is 2.63. The van der Waals surface area contributed by atoms with E-state index in [1.165, 1.54) is 62.5 Å². The molecule has 0 nitrogen and oxygen atoms in total. The Hall–Kier alpha value is -1.56. The molecule has 0 heteroatoms. The molecule has 3 rings (SSSR count). The molecule has 1 aliphatic carbocycles. The summed E-state index contributed by atoms with van der Waals surface area (Å²) in [6, 6.07) is 20.6. The molecule has 1 saturated carbocycles. The van der Waals surface area contributed by atoms with E-state index < -0.39 is 0 Å². The van der Waals surface area contributed by atoms with E-state index in [9.17, 15) is 0 Å². The van der Waals surface area contributed by atoms with E-state index >= 15 is 0 Å². The first-order valence-corrected chi connectivity index (χ1v) is 9.43. The SMILES string of the molecule is CCCCCC1CCC(c2ccc(-c3cc[c]cc3)cc2)CC1.